The molecule has 0 radical (unpaired) electrons. The van der Waals surface area contributed by atoms with E-state index >= 15 is 0 Å². The molecule has 4 heteroatoms. The quantitative estimate of drug-likeness (QED) is 0.357. The molecular formula is C12H29N3O. The third-order valence-electron chi connectivity index (χ3n) is 3.60. The van der Waals surface area contributed by atoms with E-state index < -0.39 is 0 Å². The standard InChI is InChI=1S/C12H29N3O/c1-6-9-16-10-11(14-13)12(7-2,8-3)15(4)5/h11,14H,6-10,13H2,1-5H3. The van der Waals surface area contributed by atoms with Gasteiger partial charge in [0, 0.05) is 12.1 Å². The molecule has 0 aromatic rings. The van der Waals surface area contributed by atoms with Crippen LogP contribution < -0.4 is 11.3 Å². The van der Waals surface area contributed by atoms with Crippen LogP contribution in [0.15, 0.2) is 0 Å². The predicted molar refractivity (Wildman–Crippen MR) is 69.2 cm³/mol. The molecule has 0 aromatic heterocycles. The monoisotopic (exact) mass is 231 g/mol. The number of rotatable bonds is 9. The summed E-state index contributed by atoms with van der Waals surface area (Å²) in [7, 11) is 4.22. The summed E-state index contributed by atoms with van der Waals surface area (Å²) in [6, 6.07) is 0.170. The fraction of sp³-hybridized carbons (Fsp3) is 1.00. The van der Waals surface area contributed by atoms with Crippen LogP contribution in [0.2, 0.25) is 0 Å². The number of hydrogen-bond acceptors (Lipinski definition) is 4. The first-order chi connectivity index (χ1) is 7.58. The minimum absolute atomic E-state index is 0.0719. The van der Waals surface area contributed by atoms with E-state index in [1.807, 2.05) is 0 Å². The van der Waals surface area contributed by atoms with Crippen LogP contribution in [-0.4, -0.2) is 43.8 Å². The summed E-state index contributed by atoms with van der Waals surface area (Å²) in [5.74, 6) is 5.67. The molecule has 1 unspecified atom stereocenters. The molecule has 1 atom stereocenters. The molecule has 0 aromatic carbocycles. The average molecular weight is 231 g/mol. The van der Waals surface area contributed by atoms with Crippen molar-refractivity contribution in [2.75, 3.05) is 27.3 Å². The lowest BCUT2D eigenvalue weighted by molar-refractivity contribution is 0.0245. The smallest absolute Gasteiger partial charge is 0.0651 e. The number of likely N-dealkylation sites (N-methyl/N-ethyl adjacent to an activating group) is 1. The van der Waals surface area contributed by atoms with Gasteiger partial charge in [0.15, 0.2) is 0 Å². The summed E-state index contributed by atoms with van der Waals surface area (Å²) in [5.41, 5.74) is 2.99. The van der Waals surface area contributed by atoms with Gasteiger partial charge in [-0.25, -0.2) is 0 Å². The highest BCUT2D eigenvalue weighted by molar-refractivity contribution is 4.96. The average Bonchev–Trinajstić information content (AvgIpc) is 2.28. The zero-order chi connectivity index (χ0) is 12.6. The normalized spacial score (nSPS) is 14.4. The molecule has 0 rings (SSSR count). The van der Waals surface area contributed by atoms with Crippen molar-refractivity contribution < 1.29 is 4.74 Å². The molecule has 3 N–H and O–H groups in total. The first kappa shape index (κ1) is 15.8. The van der Waals surface area contributed by atoms with Gasteiger partial charge >= 0.3 is 0 Å². The van der Waals surface area contributed by atoms with E-state index in [1.54, 1.807) is 0 Å². The van der Waals surface area contributed by atoms with Gasteiger partial charge in [0.1, 0.15) is 0 Å². The van der Waals surface area contributed by atoms with Crippen LogP contribution in [0.5, 0.6) is 0 Å². The molecule has 0 fully saturated rings. The highest BCUT2D eigenvalue weighted by Crippen LogP contribution is 2.25. The lowest BCUT2D eigenvalue weighted by Crippen LogP contribution is -2.62. The minimum Gasteiger partial charge on any atom is -0.380 e. The van der Waals surface area contributed by atoms with Crippen LogP contribution in [-0.2, 0) is 4.74 Å². The van der Waals surface area contributed by atoms with E-state index in [1.165, 1.54) is 0 Å². The Morgan fingerprint density at radius 3 is 2.12 bits per heavy atom. The van der Waals surface area contributed by atoms with Crippen LogP contribution in [0.1, 0.15) is 40.0 Å². The van der Waals surface area contributed by atoms with E-state index in [0.717, 1.165) is 25.9 Å². The molecule has 0 saturated heterocycles. The first-order valence-electron chi connectivity index (χ1n) is 6.30. The van der Waals surface area contributed by atoms with Gasteiger partial charge in [-0.15, -0.1) is 0 Å². The van der Waals surface area contributed by atoms with E-state index in [4.69, 9.17) is 10.6 Å². The molecular weight excluding hydrogens is 202 g/mol. The van der Waals surface area contributed by atoms with Gasteiger partial charge in [0.25, 0.3) is 0 Å². The van der Waals surface area contributed by atoms with Crippen molar-refractivity contribution in [2.24, 2.45) is 5.84 Å². The molecule has 98 valence electrons. The molecule has 0 aliphatic rings. The summed E-state index contributed by atoms with van der Waals surface area (Å²) in [6.07, 6.45) is 3.16. The summed E-state index contributed by atoms with van der Waals surface area (Å²) < 4.78 is 5.63. The van der Waals surface area contributed by atoms with Crippen molar-refractivity contribution >= 4 is 0 Å². The van der Waals surface area contributed by atoms with Crippen molar-refractivity contribution in [1.82, 2.24) is 10.3 Å². The molecule has 0 spiro atoms. The van der Waals surface area contributed by atoms with Crippen molar-refractivity contribution in [3.63, 3.8) is 0 Å². The van der Waals surface area contributed by atoms with Gasteiger partial charge in [0.05, 0.1) is 12.6 Å². The van der Waals surface area contributed by atoms with Crippen LogP contribution in [0, 0.1) is 0 Å². The minimum atomic E-state index is 0.0719. The van der Waals surface area contributed by atoms with Crippen molar-refractivity contribution in [2.45, 2.75) is 51.6 Å². The Morgan fingerprint density at radius 1 is 1.25 bits per heavy atom. The molecule has 0 saturated carbocycles. The SMILES string of the molecule is CCCOCC(NN)C(CC)(CC)N(C)C. The number of hydrogen-bond donors (Lipinski definition) is 2. The topological polar surface area (TPSA) is 50.5 Å². The van der Waals surface area contributed by atoms with Gasteiger partial charge in [-0.1, -0.05) is 20.8 Å². The van der Waals surface area contributed by atoms with Gasteiger partial charge < -0.3 is 9.64 Å². The Morgan fingerprint density at radius 2 is 1.81 bits per heavy atom. The summed E-state index contributed by atoms with van der Waals surface area (Å²) in [5, 5.41) is 0. The second-order valence-corrected chi connectivity index (χ2v) is 4.50. The fourth-order valence-electron chi connectivity index (χ4n) is 2.39. The Hall–Kier alpha value is -0.160. The highest BCUT2D eigenvalue weighted by atomic mass is 16.5. The van der Waals surface area contributed by atoms with Crippen molar-refractivity contribution in [3.8, 4) is 0 Å². The maximum Gasteiger partial charge on any atom is 0.0651 e. The van der Waals surface area contributed by atoms with Crippen LogP contribution in [0.3, 0.4) is 0 Å². The molecule has 4 nitrogen and oxygen atoms in total. The third-order valence-corrected chi connectivity index (χ3v) is 3.60. The summed E-state index contributed by atoms with van der Waals surface area (Å²) in [6.45, 7) is 7.99. The zero-order valence-electron chi connectivity index (χ0n) is 11.5. The molecule has 0 heterocycles. The van der Waals surface area contributed by atoms with E-state index in [-0.39, 0.29) is 11.6 Å². The second kappa shape index (κ2) is 8.01. The number of hydrazine groups is 1. The lowest BCUT2D eigenvalue weighted by Gasteiger charge is -2.44. The summed E-state index contributed by atoms with van der Waals surface area (Å²) in [4.78, 5) is 2.26. The molecule has 16 heavy (non-hydrogen) atoms. The molecule has 0 amide bonds. The number of ether oxygens (including phenoxy) is 1. The lowest BCUT2D eigenvalue weighted by atomic mass is 9.84. The largest absolute Gasteiger partial charge is 0.380 e. The zero-order valence-corrected chi connectivity index (χ0v) is 11.5. The summed E-state index contributed by atoms with van der Waals surface area (Å²) >= 11 is 0. The van der Waals surface area contributed by atoms with Gasteiger partial charge in [-0.05, 0) is 33.4 Å². The third kappa shape index (κ3) is 3.70. The highest BCUT2D eigenvalue weighted by Gasteiger charge is 2.37. The van der Waals surface area contributed by atoms with Crippen LogP contribution in [0.25, 0.3) is 0 Å². The maximum atomic E-state index is 5.67. The van der Waals surface area contributed by atoms with E-state index in [9.17, 15) is 0 Å². The Kier molecular flexibility index (Phi) is 7.93. The molecule has 0 aliphatic carbocycles. The number of nitrogens with two attached hydrogens (primary N) is 1. The maximum absolute atomic E-state index is 5.67. The van der Waals surface area contributed by atoms with Gasteiger partial charge in [0.2, 0.25) is 0 Å². The van der Waals surface area contributed by atoms with Gasteiger partial charge in [-0.3, -0.25) is 11.3 Å². The second-order valence-electron chi connectivity index (χ2n) is 4.50. The number of nitrogens with zero attached hydrogens (tertiary/aromatic N) is 1. The Labute approximate surface area is 100 Å². The fourth-order valence-corrected chi connectivity index (χ4v) is 2.39. The van der Waals surface area contributed by atoms with E-state index in [0.29, 0.717) is 6.61 Å². The molecule has 0 bridgehead atoms. The Bertz CT molecular complexity index is 170. The van der Waals surface area contributed by atoms with Crippen LogP contribution in [0.4, 0.5) is 0 Å². The van der Waals surface area contributed by atoms with E-state index in [2.05, 4.69) is 45.2 Å². The van der Waals surface area contributed by atoms with Crippen molar-refractivity contribution in [1.29, 1.82) is 0 Å². The van der Waals surface area contributed by atoms with Crippen molar-refractivity contribution in [3.05, 3.63) is 0 Å². The Balaban J connectivity index is 4.57. The first-order valence-corrected chi connectivity index (χ1v) is 6.30. The predicted octanol–water partition coefficient (Wildman–Crippen LogP) is 1.37. The van der Waals surface area contributed by atoms with Gasteiger partial charge in [-0.2, -0.15) is 0 Å². The van der Waals surface area contributed by atoms with Crippen LogP contribution >= 0.6 is 0 Å². The molecule has 0 aliphatic heterocycles. The number of nitrogens with one attached hydrogen (secondary N) is 1.